The second-order valence-electron chi connectivity index (χ2n) is 6.21. The molecule has 22 heavy (non-hydrogen) atoms. The smallest absolute Gasteiger partial charge is 0.326 e. The Balaban J connectivity index is 1.71. The number of hydrogen-bond donors (Lipinski definition) is 1. The summed E-state index contributed by atoms with van der Waals surface area (Å²) in [5.74, 6) is -1.25. The number of rotatable bonds is 5. The van der Waals surface area contributed by atoms with Crippen LogP contribution in [0.1, 0.15) is 24.8 Å². The Morgan fingerprint density at radius 1 is 1.32 bits per heavy atom. The third kappa shape index (κ3) is 2.86. The van der Waals surface area contributed by atoms with Crippen molar-refractivity contribution in [2.45, 2.75) is 43.9 Å². The van der Waals surface area contributed by atoms with Crippen molar-refractivity contribution in [3.05, 3.63) is 35.9 Å². The highest BCUT2D eigenvalue weighted by atomic mass is 16.5. The summed E-state index contributed by atoms with van der Waals surface area (Å²) in [4.78, 5) is 25.6. The Bertz CT molecular complexity index is 559. The number of hydrogen-bond acceptors (Lipinski definition) is 3. The number of nitrogens with zero attached hydrogens (tertiary/aromatic N) is 1. The molecule has 3 rings (SSSR count). The second kappa shape index (κ2) is 6.08. The van der Waals surface area contributed by atoms with E-state index in [1.54, 1.807) is 7.05 Å². The van der Waals surface area contributed by atoms with E-state index in [4.69, 9.17) is 4.74 Å². The average molecular weight is 303 g/mol. The molecule has 5 heteroatoms. The van der Waals surface area contributed by atoms with Gasteiger partial charge >= 0.3 is 5.97 Å². The molecule has 0 radical (unpaired) electrons. The molecule has 5 nitrogen and oxygen atoms in total. The molecule has 4 unspecified atom stereocenters. The fourth-order valence-corrected chi connectivity index (χ4v) is 3.54. The minimum Gasteiger partial charge on any atom is -0.480 e. The lowest BCUT2D eigenvalue weighted by atomic mass is 9.87. The molecule has 2 aliphatic heterocycles. The summed E-state index contributed by atoms with van der Waals surface area (Å²) in [5, 5.41) is 9.50. The number of fused-ring (bicyclic) bond motifs is 2. The van der Waals surface area contributed by atoms with Crippen LogP contribution < -0.4 is 0 Å². The number of ether oxygens (including phenoxy) is 1. The van der Waals surface area contributed by atoms with Gasteiger partial charge in [0.25, 0.3) is 0 Å². The van der Waals surface area contributed by atoms with E-state index in [0.717, 1.165) is 24.8 Å². The predicted molar refractivity (Wildman–Crippen MR) is 80.3 cm³/mol. The zero-order valence-corrected chi connectivity index (χ0v) is 12.6. The molecular formula is C17H21NO4. The number of likely N-dealkylation sites (N-methyl/N-ethyl adjacent to an activating group) is 1. The molecule has 118 valence electrons. The molecular weight excluding hydrogens is 282 g/mol. The third-order valence-corrected chi connectivity index (χ3v) is 4.80. The van der Waals surface area contributed by atoms with Crippen molar-refractivity contribution in [2.75, 3.05) is 7.05 Å². The molecule has 2 aliphatic rings. The normalized spacial score (nSPS) is 27.6. The first-order chi connectivity index (χ1) is 10.6. The zero-order chi connectivity index (χ0) is 15.7. The van der Waals surface area contributed by atoms with E-state index in [1.807, 2.05) is 30.3 Å². The summed E-state index contributed by atoms with van der Waals surface area (Å²) < 4.78 is 5.72. The number of carbonyl (C=O) groups is 2. The third-order valence-electron chi connectivity index (χ3n) is 4.80. The first-order valence-electron chi connectivity index (χ1n) is 7.75. The van der Waals surface area contributed by atoms with Gasteiger partial charge in [0, 0.05) is 13.5 Å². The lowest BCUT2D eigenvalue weighted by molar-refractivity contribution is -0.151. The molecule has 0 aromatic heterocycles. The van der Waals surface area contributed by atoms with Gasteiger partial charge in [-0.05, 0) is 24.8 Å². The van der Waals surface area contributed by atoms with Gasteiger partial charge in [-0.3, -0.25) is 4.79 Å². The summed E-state index contributed by atoms with van der Waals surface area (Å²) in [6.45, 7) is 0. The molecule has 4 atom stereocenters. The van der Waals surface area contributed by atoms with Gasteiger partial charge in [0.05, 0.1) is 18.1 Å². The lowest BCUT2D eigenvalue weighted by Crippen LogP contribution is -2.48. The van der Waals surface area contributed by atoms with E-state index in [0.29, 0.717) is 6.42 Å². The number of amides is 1. The van der Waals surface area contributed by atoms with Gasteiger partial charge in [0.1, 0.15) is 6.04 Å². The highest BCUT2D eigenvalue weighted by molar-refractivity contribution is 5.85. The molecule has 1 aromatic rings. The van der Waals surface area contributed by atoms with Crippen LogP contribution in [0.4, 0.5) is 0 Å². The summed E-state index contributed by atoms with van der Waals surface area (Å²) in [5.41, 5.74) is 0.916. The van der Waals surface area contributed by atoms with E-state index in [9.17, 15) is 14.7 Å². The van der Waals surface area contributed by atoms with Crippen molar-refractivity contribution in [1.29, 1.82) is 0 Å². The van der Waals surface area contributed by atoms with E-state index in [1.165, 1.54) is 4.90 Å². The average Bonchev–Trinajstić information content (AvgIpc) is 3.15. The summed E-state index contributed by atoms with van der Waals surface area (Å²) in [7, 11) is 1.59. The van der Waals surface area contributed by atoms with Crippen molar-refractivity contribution >= 4 is 11.9 Å². The Hall–Kier alpha value is -1.88. The minimum atomic E-state index is -0.969. The van der Waals surface area contributed by atoms with E-state index >= 15 is 0 Å². The van der Waals surface area contributed by atoms with Crippen molar-refractivity contribution in [2.24, 2.45) is 5.92 Å². The quantitative estimate of drug-likeness (QED) is 0.899. The number of benzene rings is 1. The van der Waals surface area contributed by atoms with Gasteiger partial charge in [0.2, 0.25) is 5.91 Å². The molecule has 2 saturated heterocycles. The van der Waals surface area contributed by atoms with Gasteiger partial charge in [-0.25, -0.2) is 4.79 Å². The van der Waals surface area contributed by atoms with E-state index in [2.05, 4.69) is 0 Å². The first kappa shape index (κ1) is 15.0. The van der Waals surface area contributed by atoms with E-state index < -0.39 is 12.0 Å². The number of carbonyl (C=O) groups excluding carboxylic acids is 1. The SMILES string of the molecule is CN(C(=O)C1CC2CCC1O2)C(Cc1ccccc1)C(=O)O. The molecule has 1 N–H and O–H groups in total. The maximum atomic E-state index is 12.7. The van der Waals surface area contributed by atoms with Crippen molar-refractivity contribution in [3.63, 3.8) is 0 Å². The molecule has 1 amide bonds. The Morgan fingerprint density at radius 3 is 2.59 bits per heavy atom. The van der Waals surface area contributed by atoms with Crippen LogP contribution in [0.3, 0.4) is 0 Å². The summed E-state index contributed by atoms with van der Waals surface area (Å²) >= 11 is 0. The van der Waals surface area contributed by atoms with Crippen LogP contribution in [0.15, 0.2) is 30.3 Å². The van der Waals surface area contributed by atoms with Crippen LogP contribution in [0.25, 0.3) is 0 Å². The second-order valence-corrected chi connectivity index (χ2v) is 6.21. The minimum absolute atomic E-state index is 0.0221. The largest absolute Gasteiger partial charge is 0.480 e. The molecule has 1 aromatic carbocycles. The first-order valence-corrected chi connectivity index (χ1v) is 7.75. The van der Waals surface area contributed by atoms with Gasteiger partial charge in [-0.2, -0.15) is 0 Å². The molecule has 0 spiro atoms. The maximum absolute atomic E-state index is 12.7. The van der Waals surface area contributed by atoms with Gasteiger partial charge in [-0.15, -0.1) is 0 Å². The molecule has 0 aliphatic carbocycles. The van der Waals surface area contributed by atoms with E-state index in [-0.39, 0.29) is 24.0 Å². The molecule has 2 bridgehead atoms. The van der Waals surface area contributed by atoms with Crippen molar-refractivity contribution in [1.82, 2.24) is 4.90 Å². The Kier molecular flexibility index (Phi) is 4.16. The van der Waals surface area contributed by atoms with Crippen molar-refractivity contribution < 1.29 is 19.4 Å². The predicted octanol–water partition coefficient (Wildman–Crippen LogP) is 1.71. The fourth-order valence-electron chi connectivity index (χ4n) is 3.54. The Labute approximate surface area is 129 Å². The molecule has 0 saturated carbocycles. The fraction of sp³-hybridized carbons (Fsp3) is 0.529. The summed E-state index contributed by atoms with van der Waals surface area (Å²) in [6.07, 6.45) is 3.14. The number of carboxylic acids is 1. The topological polar surface area (TPSA) is 66.8 Å². The van der Waals surface area contributed by atoms with Gasteiger partial charge in [-0.1, -0.05) is 30.3 Å². The molecule has 2 fully saturated rings. The van der Waals surface area contributed by atoms with Crippen LogP contribution in [-0.4, -0.2) is 47.2 Å². The van der Waals surface area contributed by atoms with Crippen molar-refractivity contribution in [3.8, 4) is 0 Å². The zero-order valence-electron chi connectivity index (χ0n) is 12.6. The highest BCUT2D eigenvalue weighted by Crippen LogP contribution is 2.39. The number of aliphatic carboxylic acids is 1. The lowest BCUT2D eigenvalue weighted by Gasteiger charge is -2.29. The standard InChI is InChI=1S/C17H21NO4/c1-18(16(19)13-10-12-7-8-15(13)22-12)14(17(20)21)9-11-5-3-2-4-6-11/h2-6,12-15H,7-10H2,1H3,(H,20,21). The number of carboxylic acid groups (broad SMARTS) is 1. The van der Waals surface area contributed by atoms with Crippen LogP contribution in [0.5, 0.6) is 0 Å². The van der Waals surface area contributed by atoms with Crippen LogP contribution in [0.2, 0.25) is 0 Å². The molecule has 2 heterocycles. The van der Waals surface area contributed by atoms with Gasteiger partial charge in [0.15, 0.2) is 0 Å². The van der Waals surface area contributed by atoms with Crippen LogP contribution in [0, 0.1) is 5.92 Å². The Morgan fingerprint density at radius 2 is 2.05 bits per heavy atom. The summed E-state index contributed by atoms with van der Waals surface area (Å²) in [6, 6.07) is 8.57. The monoisotopic (exact) mass is 303 g/mol. The highest BCUT2D eigenvalue weighted by Gasteiger charge is 2.46. The van der Waals surface area contributed by atoms with Crippen LogP contribution >= 0.6 is 0 Å². The van der Waals surface area contributed by atoms with Crippen LogP contribution in [-0.2, 0) is 20.7 Å². The maximum Gasteiger partial charge on any atom is 0.326 e. The van der Waals surface area contributed by atoms with Gasteiger partial charge < -0.3 is 14.7 Å².